The molecule has 0 saturated carbocycles. The van der Waals surface area contributed by atoms with Gasteiger partial charge in [0.05, 0.1) is 13.0 Å². The first-order valence-electron chi connectivity index (χ1n) is 9.56. The molecule has 2 heterocycles. The van der Waals surface area contributed by atoms with E-state index in [9.17, 15) is 9.59 Å². The second-order valence-corrected chi connectivity index (χ2v) is 7.16. The van der Waals surface area contributed by atoms with Gasteiger partial charge in [0.1, 0.15) is 6.61 Å². The van der Waals surface area contributed by atoms with E-state index in [1.54, 1.807) is 0 Å². The number of cyclic esters (lactones) is 1. The average molecular weight is 364 g/mol. The second kappa shape index (κ2) is 7.82. The van der Waals surface area contributed by atoms with Crippen LogP contribution < -0.4 is 0 Å². The molecular formula is C22H24N2O3. The number of carbonyl (C=O) groups is 2. The minimum absolute atomic E-state index is 0.157. The summed E-state index contributed by atoms with van der Waals surface area (Å²) in [5.74, 6) is 0.157. The summed E-state index contributed by atoms with van der Waals surface area (Å²) < 4.78 is 5.02. The van der Waals surface area contributed by atoms with Gasteiger partial charge in [0.2, 0.25) is 5.91 Å². The Hall–Kier alpha value is -2.82. The number of rotatable bonds is 4. The van der Waals surface area contributed by atoms with Crippen molar-refractivity contribution in [2.75, 3.05) is 26.2 Å². The van der Waals surface area contributed by atoms with Crippen LogP contribution in [0.3, 0.4) is 0 Å². The lowest BCUT2D eigenvalue weighted by molar-refractivity contribution is -0.131. The smallest absolute Gasteiger partial charge is 0.410 e. The van der Waals surface area contributed by atoms with Crippen LogP contribution in [0, 0.1) is 0 Å². The van der Waals surface area contributed by atoms with Gasteiger partial charge in [0.15, 0.2) is 0 Å². The highest BCUT2D eigenvalue weighted by Crippen LogP contribution is 2.22. The topological polar surface area (TPSA) is 49.9 Å². The molecule has 2 aliphatic heterocycles. The first kappa shape index (κ1) is 17.6. The zero-order valence-corrected chi connectivity index (χ0v) is 15.3. The van der Waals surface area contributed by atoms with E-state index in [1.807, 2.05) is 40.1 Å². The molecule has 5 nitrogen and oxygen atoms in total. The number of amides is 2. The number of benzene rings is 2. The van der Waals surface area contributed by atoms with Crippen molar-refractivity contribution in [3.05, 3.63) is 60.2 Å². The quantitative estimate of drug-likeness (QED) is 0.836. The zero-order chi connectivity index (χ0) is 18.6. The molecule has 0 spiro atoms. The third kappa shape index (κ3) is 3.97. The summed E-state index contributed by atoms with van der Waals surface area (Å²) in [6.45, 7) is 2.56. The van der Waals surface area contributed by atoms with Gasteiger partial charge in [0.25, 0.3) is 0 Å². The predicted octanol–water partition coefficient (Wildman–Crippen LogP) is 3.34. The molecule has 2 saturated heterocycles. The molecule has 2 fully saturated rings. The summed E-state index contributed by atoms with van der Waals surface area (Å²) in [4.78, 5) is 28.0. The predicted molar refractivity (Wildman–Crippen MR) is 103 cm³/mol. The normalized spacial score (nSPS) is 17.9. The number of hydrogen-bond donors (Lipinski definition) is 0. The van der Waals surface area contributed by atoms with Gasteiger partial charge in [-0.3, -0.25) is 4.79 Å². The molecule has 5 heteroatoms. The summed E-state index contributed by atoms with van der Waals surface area (Å²) >= 11 is 0. The van der Waals surface area contributed by atoms with E-state index >= 15 is 0 Å². The van der Waals surface area contributed by atoms with Gasteiger partial charge in [-0.2, -0.15) is 0 Å². The van der Waals surface area contributed by atoms with Crippen LogP contribution in [0.4, 0.5) is 4.79 Å². The molecule has 27 heavy (non-hydrogen) atoms. The minimum atomic E-state index is -0.210. The Morgan fingerprint density at radius 2 is 1.59 bits per heavy atom. The van der Waals surface area contributed by atoms with Crippen molar-refractivity contribution >= 4 is 12.0 Å². The summed E-state index contributed by atoms with van der Waals surface area (Å²) in [5, 5.41) is 0. The van der Waals surface area contributed by atoms with Crippen LogP contribution in [0.2, 0.25) is 0 Å². The molecule has 140 valence electrons. The molecule has 2 aliphatic rings. The molecule has 4 rings (SSSR count). The molecular weight excluding hydrogens is 340 g/mol. The number of piperidine rings is 1. The first-order valence-corrected chi connectivity index (χ1v) is 9.56. The maximum atomic E-state index is 12.6. The number of carbonyl (C=O) groups excluding carboxylic acids is 2. The van der Waals surface area contributed by atoms with Crippen molar-refractivity contribution in [1.29, 1.82) is 0 Å². The fourth-order valence-electron chi connectivity index (χ4n) is 3.90. The minimum Gasteiger partial charge on any atom is -0.448 e. The van der Waals surface area contributed by atoms with Gasteiger partial charge >= 0.3 is 6.09 Å². The largest absolute Gasteiger partial charge is 0.448 e. The van der Waals surface area contributed by atoms with E-state index in [1.165, 1.54) is 5.56 Å². The summed E-state index contributed by atoms with van der Waals surface area (Å²) in [6, 6.07) is 18.6. The molecule has 2 aromatic carbocycles. The highest BCUT2D eigenvalue weighted by Gasteiger charge is 2.33. The number of nitrogens with zero attached hydrogens (tertiary/aromatic N) is 2. The summed E-state index contributed by atoms with van der Waals surface area (Å²) in [7, 11) is 0. The number of ether oxygens (including phenoxy) is 1. The highest BCUT2D eigenvalue weighted by molar-refractivity contribution is 5.79. The van der Waals surface area contributed by atoms with Crippen molar-refractivity contribution in [2.24, 2.45) is 0 Å². The summed E-state index contributed by atoms with van der Waals surface area (Å²) in [5.41, 5.74) is 3.37. The third-order valence-corrected chi connectivity index (χ3v) is 5.47. The third-order valence-electron chi connectivity index (χ3n) is 5.47. The molecule has 0 unspecified atom stereocenters. The van der Waals surface area contributed by atoms with Crippen LogP contribution in [-0.4, -0.2) is 54.1 Å². The monoisotopic (exact) mass is 364 g/mol. The standard InChI is InChI=1S/C22H24N2O3/c25-21(23-12-10-20(11-13-23)24-14-15-27-22(24)26)16-17-6-8-19(9-7-17)18-4-2-1-3-5-18/h1-9,20H,10-16H2. The fourth-order valence-corrected chi connectivity index (χ4v) is 3.90. The number of hydrogen-bond acceptors (Lipinski definition) is 3. The van der Waals surface area contributed by atoms with Crippen molar-refractivity contribution < 1.29 is 14.3 Å². The van der Waals surface area contributed by atoms with E-state index < -0.39 is 0 Å². The Balaban J connectivity index is 1.31. The molecule has 0 atom stereocenters. The summed E-state index contributed by atoms with van der Waals surface area (Å²) in [6.07, 6.45) is 1.87. The van der Waals surface area contributed by atoms with Crippen LogP contribution in [0.5, 0.6) is 0 Å². The lowest BCUT2D eigenvalue weighted by atomic mass is 10.0. The highest BCUT2D eigenvalue weighted by atomic mass is 16.6. The van der Waals surface area contributed by atoms with Crippen molar-refractivity contribution in [3.8, 4) is 11.1 Å². The Morgan fingerprint density at radius 3 is 2.22 bits per heavy atom. The van der Waals surface area contributed by atoms with Crippen LogP contribution in [0.1, 0.15) is 18.4 Å². The van der Waals surface area contributed by atoms with E-state index in [-0.39, 0.29) is 18.0 Å². The molecule has 0 bridgehead atoms. The van der Waals surface area contributed by atoms with Crippen LogP contribution in [0.15, 0.2) is 54.6 Å². The number of likely N-dealkylation sites (tertiary alicyclic amines) is 1. The first-order chi connectivity index (χ1) is 13.2. The Kier molecular flexibility index (Phi) is 5.10. The van der Waals surface area contributed by atoms with Crippen LogP contribution >= 0.6 is 0 Å². The van der Waals surface area contributed by atoms with Gasteiger partial charge in [-0.05, 0) is 29.5 Å². The van der Waals surface area contributed by atoms with E-state index in [2.05, 4.69) is 24.3 Å². The van der Waals surface area contributed by atoms with Gasteiger partial charge < -0.3 is 14.5 Å². The van der Waals surface area contributed by atoms with Crippen molar-refractivity contribution in [3.63, 3.8) is 0 Å². The average Bonchev–Trinajstić information content (AvgIpc) is 3.15. The molecule has 0 aliphatic carbocycles. The zero-order valence-electron chi connectivity index (χ0n) is 15.3. The van der Waals surface area contributed by atoms with E-state index in [4.69, 9.17) is 4.74 Å². The Bertz CT molecular complexity index is 796. The molecule has 2 amide bonds. The van der Waals surface area contributed by atoms with Crippen LogP contribution in [0.25, 0.3) is 11.1 Å². The second-order valence-electron chi connectivity index (χ2n) is 7.16. The van der Waals surface area contributed by atoms with Crippen molar-refractivity contribution in [2.45, 2.75) is 25.3 Å². The molecule has 0 N–H and O–H groups in total. The van der Waals surface area contributed by atoms with Gasteiger partial charge in [-0.1, -0.05) is 54.6 Å². The molecule has 0 radical (unpaired) electrons. The van der Waals surface area contributed by atoms with Gasteiger partial charge in [0, 0.05) is 19.1 Å². The van der Waals surface area contributed by atoms with Crippen molar-refractivity contribution in [1.82, 2.24) is 9.80 Å². The lowest BCUT2D eigenvalue weighted by Gasteiger charge is -2.35. The van der Waals surface area contributed by atoms with Gasteiger partial charge in [-0.25, -0.2) is 4.79 Å². The Labute approximate surface area is 159 Å². The SMILES string of the molecule is O=C(Cc1ccc(-c2ccccc2)cc1)N1CCC(N2CCOC2=O)CC1. The van der Waals surface area contributed by atoms with E-state index in [0.29, 0.717) is 32.7 Å². The lowest BCUT2D eigenvalue weighted by Crippen LogP contribution is -2.47. The maximum absolute atomic E-state index is 12.6. The maximum Gasteiger partial charge on any atom is 0.410 e. The van der Waals surface area contributed by atoms with E-state index in [0.717, 1.165) is 24.0 Å². The molecule has 0 aromatic heterocycles. The molecule has 2 aromatic rings. The van der Waals surface area contributed by atoms with Crippen LogP contribution in [-0.2, 0) is 16.0 Å². The Morgan fingerprint density at radius 1 is 0.926 bits per heavy atom. The fraction of sp³-hybridized carbons (Fsp3) is 0.364. The van der Waals surface area contributed by atoms with Gasteiger partial charge in [-0.15, -0.1) is 0 Å².